The van der Waals surface area contributed by atoms with Crippen LogP contribution < -0.4 is 10.1 Å². The fourth-order valence-corrected chi connectivity index (χ4v) is 5.06. The van der Waals surface area contributed by atoms with Crippen LogP contribution in [-0.2, 0) is 15.8 Å². The van der Waals surface area contributed by atoms with Gasteiger partial charge >= 0.3 is 0 Å². The lowest BCUT2D eigenvalue weighted by Gasteiger charge is -2.36. The highest BCUT2D eigenvalue weighted by atomic mass is 35.5. The van der Waals surface area contributed by atoms with E-state index in [0.29, 0.717) is 30.9 Å². The van der Waals surface area contributed by atoms with Gasteiger partial charge in [-0.3, -0.25) is 0 Å². The number of methoxy groups -OCH3 is 1. The van der Waals surface area contributed by atoms with E-state index < -0.39 is 15.8 Å². The first-order valence-corrected chi connectivity index (χ1v) is 10.2. The highest BCUT2D eigenvalue weighted by Gasteiger charge is 2.34. The van der Waals surface area contributed by atoms with Gasteiger partial charge in [0.15, 0.2) is 0 Å². The molecule has 2 aromatic rings. The van der Waals surface area contributed by atoms with Crippen LogP contribution in [0.25, 0.3) is 0 Å². The lowest BCUT2D eigenvalue weighted by atomic mass is 10.0. The molecule has 1 fully saturated rings. The molecule has 8 heteroatoms. The van der Waals surface area contributed by atoms with Crippen molar-refractivity contribution >= 4 is 21.6 Å². The van der Waals surface area contributed by atoms with Crippen LogP contribution in [-0.4, -0.2) is 39.5 Å². The summed E-state index contributed by atoms with van der Waals surface area (Å²) in [5.74, 6) is -0.160. The van der Waals surface area contributed by atoms with Crippen molar-refractivity contribution in [1.82, 2.24) is 9.62 Å². The first kappa shape index (κ1) is 19.1. The zero-order valence-corrected chi connectivity index (χ0v) is 15.9. The van der Waals surface area contributed by atoms with Crippen LogP contribution in [0, 0.1) is 5.82 Å². The predicted molar refractivity (Wildman–Crippen MR) is 99.3 cm³/mol. The Kier molecular flexibility index (Phi) is 5.82. The zero-order valence-electron chi connectivity index (χ0n) is 14.3. The smallest absolute Gasteiger partial charge is 0.218 e. The van der Waals surface area contributed by atoms with Gasteiger partial charge < -0.3 is 10.1 Å². The Morgan fingerprint density at radius 2 is 2.08 bits per heavy atom. The lowest BCUT2D eigenvalue weighted by Crippen LogP contribution is -2.49. The Labute approximate surface area is 157 Å². The van der Waals surface area contributed by atoms with Crippen molar-refractivity contribution in [3.63, 3.8) is 0 Å². The maximum atomic E-state index is 13.3. The van der Waals surface area contributed by atoms with E-state index in [1.165, 1.54) is 22.5 Å². The summed E-state index contributed by atoms with van der Waals surface area (Å²) in [6.45, 7) is 1.40. The molecule has 5 nitrogen and oxygen atoms in total. The molecule has 3 rings (SSSR count). The minimum absolute atomic E-state index is 0.0840. The Hall–Kier alpha value is -1.67. The minimum Gasteiger partial charge on any atom is -0.496 e. The van der Waals surface area contributed by atoms with E-state index in [2.05, 4.69) is 5.32 Å². The second kappa shape index (κ2) is 7.92. The number of sulfonamides is 1. The fourth-order valence-electron chi connectivity index (χ4n) is 3.15. The van der Waals surface area contributed by atoms with E-state index in [0.717, 1.165) is 5.56 Å². The Morgan fingerprint density at radius 3 is 2.81 bits per heavy atom. The number of hydrogen-bond acceptors (Lipinski definition) is 4. The van der Waals surface area contributed by atoms with E-state index in [9.17, 15) is 12.8 Å². The molecule has 26 heavy (non-hydrogen) atoms. The van der Waals surface area contributed by atoms with Crippen LogP contribution in [0.1, 0.15) is 17.2 Å². The number of ether oxygens (including phenoxy) is 1. The van der Waals surface area contributed by atoms with Crippen LogP contribution in [0.15, 0.2) is 42.5 Å². The average molecular weight is 399 g/mol. The van der Waals surface area contributed by atoms with Gasteiger partial charge in [0.05, 0.1) is 23.9 Å². The number of piperazine rings is 1. The molecule has 0 aliphatic carbocycles. The van der Waals surface area contributed by atoms with Crippen molar-refractivity contribution in [3.8, 4) is 5.75 Å². The molecule has 2 aromatic carbocycles. The third-order valence-electron chi connectivity index (χ3n) is 4.38. The molecular weight excluding hydrogens is 379 g/mol. The van der Waals surface area contributed by atoms with Gasteiger partial charge in [-0.2, -0.15) is 4.31 Å². The first-order valence-electron chi connectivity index (χ1n) is 8.19. The number of hydrogen-bond donors (Lipinski definition) is 1. The summed E-state index contributed by atoms with van der Waals surface area (Å²) < 4.78 is 46.3. The van der Waals surface area contributed by atoms with E-state index in [1.54, 1.807) is 7.11 Å². The Morgan fingerprint density at radius 1 is 1.31 bits per heavy atom. The lowest BCUT2D eigenvalue weighted by molar-refractivity contribution is 0.264. The minimum atomic E-state index is -3.63. The SMILES string of the molecule is COc1ccccc1C1CNCCN1S(=O)(=O)Cc1ccc(F)c(Cl)c1. The summed E-state index contributed by atoms with van der Waals surface area (Å²) in [4.78, 5) is 0. The number of rotatable bonds is 5. The molecule has 0 radical (unpaired) electrons. The average Bonchev–Trinajstić information content (AvgIpc) is 2.64. The summed E-state index contributed by atoms with van der Waals surface area (Å²) in [5, 5.41) is 3.15. The van der Waals surface area contributed by atoms with Gasteiger partial charge in [0, 0.05) is 25.2 Å². The quantitative estimate of drug-likeness (QED) is 0.841. The molecule has 0 spiro atoms. The second-order valence-corrected chi connectivity index (χ2v) is 8.41. The van der Waals surface area contributed by atoms with E-state index in [4.69, 9.17) is 16.3 Å². The summed E-state index contributed by atoms with van der Waals surface area (Å²) in [5.41, 5.74) is 1.26. The molecule has 1 saturated heterocycles. The highest BCUT2D eigenvalue weighted by Crippen LogP contribution is 2.33. The van der Waals surface area contributed by atoms with Gasteiger partial charge in [0.2, 0.25) is 10.0 Å². The zero-order chi connectivity index (χ0) is 18.7. The summed E-state index contributed by atoms with van der Waals surface area (Å²) in [6.07, 6.45) is 0. The Balaban J connectivity index is 1.92. The van der Waals surface area contributed by atoms with E-state index in [-0.39, 0.29) is 16.8 Å². The van der Waals surface area contributed by atoms with Gasteiger partial charge in [-0.25, -0.2) is 12.8 Å². The number of para-hydroxylation sites is 1. The summed E-state index contributed by atoms with van der Waals surface area (Å²) in [6, 6.07) is 11.0. The van der Waals surface area contributed by atoms with Gasteiger partial charge in [0.25, 0.3) is 0 Å². The van der Waals surface area contributed by atoms with Gasteiger partial charge in [-0.05, 0) is 23.8 Å². The third kappa shape index (κ3) is 4.01. The van der Waals surface area contributed by atoms with Crippen molar-refractivity contribution in [3.05, 3.63) is 64.4 Å². The molecule has 1 aliphatic rings. The number of nitrogens with one attached hydrogen (secondary N) is 1. The fraction of sp³-hybridized carbons (Fsp3) is 0.333. The van der Waals surface area contributed by atoms with E-state index in [1.807, 2.05) is 24.3 Å². The molecule has 1 unspecified atom stereocenters. The number of nitrogens with zero attached hydrogens (tertiary/aromatic N) is 1. The van der Waals surface area contributed by atoms with Crippen LogP contribution in [0.3, 0.4) is 0 Å². The molecule has 1 atom stereocenters. The molecule has 140 valence electrons. The number of benzene rings is 2. The van der Waals surface area contributed by atoms with Crippen molar-refractivity contribution in [1.29, 1.82) is 0 Å². The van der Waals surface area contributed by atoms with Crippen LogP contribution in [0.4, 0.5) is 4.39 Å². The molecule has 0 saturated carbocycles. The van der Waals surface area contributed by atoms with Gasteiger partial charge in [-0.1, -0.05) is 35.9 Å². The molecule has 1 aliphatic heterocycles. The molecule has 0 aromatic heterocycles. The molecule has 1 heterocycles. The van der Waals surface area contributed by atoms with Gasteiger partial charge in [0.1, 0.15) is 11.6 Å². The molecule has 0 amide bonds. The van der Waals surface area contributed by atoms with Gasteiger partial charge in [-0.15, -0.1) is 0 Å². The van der Waals surface area contributed by atoms with Crippen LogP contribution >= 0.6 is 11.6 Å². The first-order chi connectivity index (χ1) is 12.4. The van der Waals surface area contributed by atoms with Crippen molar-refractivity contribution < 1.29 is 17.5 Å². The topological polar surface area (TPSA) is 58.6 Å². The number of halogens is 2. The summed E-state index contributed by atoms with van der Waals surface area (Å²) >= 11 is 5.78. The largest absolute Gasteiger partial charge is 0.496 e. The van der Waals surface area contributed by atoms with E-state index >= 15 is 0 Å². The molecule has 0 bridgehead atoms. The summed E-state index contributed by atoms with van der Waals surface area (Å²) in [7, 11) is -2.07. The Bertz CT molecular complexity index is 892. The van der Waals surface area contributed by atoms with Crippen LogP contribution in [0.5, 0.6) is 5.75 Å². The predicted octanol–water partition coefficient (Wildman–Crippen LogP) is 2.96. The van der Waals surface area contributed by atoms with Crippen molar-refractivity contribution in [2.24, 2.45) is 0 Å². The maximum Gasteiger partial charge on any atom is 0.218 e. The monoisotopic (exact) mass is 398 g/mol. The normalized spacial score (nSPS) is 18.7. The maximum absolute atomic E-state index is 13.3. The molecule has 1 N–H and O–H groups in total. The third-order valence-corrected chi connectivity index (χ3v) is 6.52. The second-order valence-electron chi connectivity index (χ2n) is 6.08. The molecular formula is C18H20ClFN2O3S. The highest BCUT2D eigenvalue weighted by molar-refractivity contribution is 7.88. The van der Waals surface area contributed by atoms with Crippen LogP contribution in [0.2, 0.25) is 5.02 Å². The van der Waals surface area contributed by atoms with Crippen molar-refractivity contribution in [2.45, 2.75) is 11.8 Å². The standard InChI is InChI=1S/C18H20ClFN2O3S/c1-25-18-5-3-2-4-14(18)17-11-21-8-9-22(17)26(23,24)12-13-6-7-16(20)15(19)10-13/h2-7,10,17,21H,8-9,11-12H2,1H3. The van der Waals surface area contributed by atoms with Crippen molar-refractivity contribution in [2.75, 3.05) is 26.7 Å².